The van der Waals surface area contributed by atoms with Crippen LogP contribution in [0.5, 0.6) is 0 Å². The molecule has 0 spiro atoms. The number of hydrogen-bond acceptors (Lipinski definition) is 4. The van der Waals surface area contributed by atoms with E-state index in [1.54, 1.807) is 0 Å². The lowest BCUT2D eigenvalue weighted by Crippen LogP contribution is -2.44. The van der Waals surface area contributed by atoms with E-state index in [1.807, 2.05) is 18.7 Å². The number of carbonyl (C=O) groups excluding carboxylic acids is 1. The summed E-state index contributed by atoms with van der Waals surface area (Å²) in [6, 6.07) is 0.373. The fourth-order valence-electron chi connectivity index (χ4n) is 3.04. The number of carbonyl (C=O) groups is 1. The smallest absolute Gasteiger partial charge is 0.254 e. The molecule has 6 heteroatoms. The van der Waals surface area contributed by atoms with Crippen molar-refractivity contribution in [1.29, 1.82) is 0 Å². The molecule has 1 aliphatic rings. The summed E-state index contributed by atoms with van der Waals surface area (Å²) in [6.07, 6.45) is 5.08. The van der Waals surface area contributed by atoms with Crippen LogP contribution in [-0.2, 0) is 11.2 Å². The zero-order chi connectivity index (χ0) is 16.1. The van der Waals surface area contributed by atoms with Gasteiger partial charge < -0.3 is 9.88 Å². The van der Waals surface area contributed by atoms with E-state index in [1.165, 1.54) is 18.2 Å². The fourth-order valence-corrected chi connectivity index (χ4v) is 3.83. The molecule has 0 aliphatic carbocycles. The van der Waals surface area contributed by atoms with Crippen LogP contribution in [0, 0.1) is 6.92 Å². The molecular formula is C16H25N3O2S. The molecule has 0 aromatic carbocycles. The quantitative estimate of drug-likeness (QED) is 0.668. The number of thioether (sulfide) groups is 1. The lowest BCUT2D eigenvalue weighted by molar-refractivity contribution is -0.132. The van der Waals surface area contributed by atoms with Crippen molar-refractivity contribution in [3.05, 3.63) is 21.6 Å². The molecule has 5 nitrogen and oxygen atoms in total. The molecule has 2 rings (SSSR count). The normalized spacial score (nSPS) is 18.5. The van der Waals surface area contributed by atoms with Gasteiger partial charge in [-0.1, -0.05) is 25.6 Å². The van der Waals surface area contributed by atoms with Crippen LogP contribution in [0.15, 0.2) is 9.95 Å². The van der Waals surface area contributed by atoms with Crippen LogP contribution in [0.1, 0.15) is 50.8 Å². The van der Waals surface area contributed by atoms with Crippen LogP contribution >= 0.6 is 11.8 Å². The van der Waals surface area contributed by atoms with Gasteiger partial charge in [-0.15, -0.1) is 0 Å². The van der Waals surface area contributed by atoms with Crippen molar-refractivity contribution >= 4 is 17.7 Å². The van der Waals surface area contributed by atoms with E-state index in [0.717, 1.165) is 37.1 Å². The molecular weight excluding hydrogens is 298 g/mol. The minimum atomic E-state index is -0.0886. The van der Waals surface area contributed by atoms with Crippen molar-refractivity contribution in [2.75, 3.05) is 12.3 Å². The fraction of sp³-hybridized carbons (Fsp3) is 0.688. The highest BCUT2D eigenvalue weighted by Crippen LogP contribution is 2.21. The monoisotopic (exact) mass is 323 g/mol. The summed E-state index contributed by atoms with van der Waals surface area (Å²) >= 11 is 1.32. The molecule has 1 atom stereocenters. The van der Waals surface area contributed by atoms with E-state index in [0.29, 0.717) is 23.4 Å². The predicted octanol–water partition coefficient (Wildman–Crippen LogP) is 2.52. The van der Waals surface area contributed by atoms with Crippen molar-refractivity contribution in [1.82, 2.24) is 14.9 Å². The number of amides is 1. The van der Waals surface area contributed by atoms with Gasteiger partial charge in [0, 0.05) is 23.8 Å². The summed E-state index contributed by atoms with van der Waals surface area (Å²) in [6.45, 7) is 6.78. The summed E-state index contributed by atoms with van der Waals surface area (Å²) < 4.78 is 0. The maximum absolute atomic E-state index is 12.4. The lowest BCUT2D eigenvalue weighted by Gasteiger charge is -2.35. The Balaban J connectivity index is 2.00. The molecule has 1 aromatic rings. The number of rotatable bonds is 5. The first kappa shape index (κ1) is 17.1. The van der Waals surface area contributed by atoms with Gasteiger partial charge in [-0.25, -0.2) is 4.98 Å². The Morgan fingerprint density at radius 1 is 1.41 bits per heavy atom. The number of hydrogen-bond donors (Lipinski definition) is 1. The van der Waals surface area contributed by atoms with Crippen molar-refractivity contribution < 1.29 is 4.79 Å². The minimum absolute atomic E-state index is 0.0886. The first-order valence-electron chi connectivity index (χ1n) is 8.08. The van der Waals surface area contributed by atoms with Gasteiger partial charge in [-0.05, 0) is 39.0 Å². The third kappa shape index (κ3) is 3.91. The SMILES string of the molecule is CCc1c(C)nc(SCC(=O)N2CCCC[C@H]2CC)[nH]c1=O. The zero-order valence-corrected chi connectivity index (χ0v) is 14.5. The highest BCUT2D eigenvalue weighted by molar-refractivity contribution is 7.99. The summed E-state index contributed by atoms with van der Waals surface area (Å²) in [5.74, 6) is 0.487. The standard InChI is InChI=1S/C16H25N3O2S/c1-4-12-8-6-7-9-19(12)14(20)10-22-16-17-11(3)13(5-2)15(21)18-16/h12H,4-10H2,1-3H3,(H,17,18,21)/t12-/m1/s1. The molecule has 1 aliphatic heterocycles. The Hall–Kier alpha value is -1.30. The highest BCUT2D eigenvalue weighted by atomic mass is 32.2. The predicted molar refractivity (Wildman–Crippen MR) is 89.3 cm³/mol. The first-order chi connectivity index (χ1) is 10.6. The Morgan fingerprint density at radius 3 is 2.82 bits per heavy atom. The zero-order valence-electron chi connectivity index (χ0n) is 13.6. The maximum Gasteiger partial charge on any atom is 0.254 e. The van der Waals surface area contributed by atoms with Gasteiger partial charge in [-0.3, -0.25) is 9.59 Å². The summed E-state index contributed by atoms with van der Waals surface area (Å²) in [4.78, 5) is 33.5. The molecule has 22 heavy (non-hydrogen) atoms. The number of aromatic amines is 1. The number of H-pyrrole nitrogens is 1. The average Bonchev–Trinajstić information content (AvgIpc) is 2.52. The number of piperidine rings is 1. The van der Waals surface area contributed by atoms with Gasteiger partial charge in [0.05, 0.1) is 5.75 Å². The average molecular weight is 323 g/mol. The van der Waals surface area contributed by atoms with E-state index in [2.05, 4.69) is 16.9 Å². The topological polar surface area (TPSA) is 66.1 Å². The molecule has 1 saturated heterocycles. The molecule has 2 heterocycles. The second-order valence-corrected chi connectivity index (χ2v) is 6.69. The Kier molecular flexibility index (Phi) is 6.06. The molecule has 1 aromatic heterocycles. The molecule has 1 fully saturated rings. The number of nitrogens with one attached hydrogen (secondary N) is 1. The molecule has 122 valence electrons. The second kappa shape index (κ2) is 7.81. The van der Waals surface area contributed by atoms with Gasteiger partial charge in [0.2, 0.25) is 5.91 Å². The van der Waals surface area contributed by atoms with Gasteiger partial charge in [0.15, 0.2) is 5.16 Å². The number of likely N-dealkylation sites (tertiary alicyclic amines) is 1. The van der Waals surface area contributed by atoms with Gasteiger partial charge >= 0.3 is 0 Å². The van der Waals surface area contributed by atoms with Gasteiger partial charge in [0.25, 0.3) is 5.56 Å². The van der Waals surface area contributed by atoms with E-state index in [-0.39, 0.29) is 11.5 Å². The lowest BCUT2D eigenvalue weighted by atomic mass is 10.0. The van der Waals surface area contributed by atoms with Crippen molar-refractivity contribution in [2.24, 2.45) is 0 Å². The van der Waals surface area contributed by atoms with Crippen molar-refractivity contribution in [3.8, 4) is 0 Å². The number of aryl methyl sites for hydroxylation is 1. The van der Waals surface area contributed by atoms with Gasteiger partial charge in [0.1, 0.15) is 0 Å². The minimum Gasteiger partial charge on any atom is -0.339 e. The molecule has 1 N–H and O–H groups in total. The maximum atomic E-state index is 12.4. The van der Waals surface area contributed by atoms with Crippen molar-refractivity contribution in [2.45, 2.75) is 64.1 Å². The van der Waals surface area contributed by atoms with E-state index >= 15 is 0 Å². The third-order valence-electron chi connectivity index (χ3n) is 4.31. The third-order valence-corrected chi connectivity index (χ3v) is 5.16. The van der Waals surface area contributed by atoms with Crippen LogP contribution in [0.2, 0.25) is 0 Å². The Bertz CT molecular complexity index is 585. The Morgan fingerprint density at radius 2 is 2.18 bits per heavy atom. The summed E-state index contributed by atoms with van der Waals surface area (Å²) in [7, 11) is 0. The van der Waals surface area contributed by atoms with Crippen molar-refractivity contribution in [3.63, 3.8) is 0 Å². The molecule has 1 amide bonds. The first-order valence-corrected chi connectivity index (χ1v) is 9.07. The van der Waals surface area contributed by atoms with Crippen LogP contribution in [0.25, 0.3) is 0 Å². The van der Waals surface area contributed by atoms with Crippen LogP contribution in [-0.4, -0.2) is 39.1 Å². The number of nitrogens with zero attached hydrogens (tertiary/aromatic N) is 2. The summed E-state index contributed by atoms with van der Waals surface area (Å²) in [5, 5.41) is 0.540. The largest absolute Gasteiger partial charge is 0.339 e. The van der Waals surface area contributed by atoms with Crippen LogP contribution in [0.3, 0.4) is 0 Å². The molecule has 0 unspecified atom stereocenters. The molecule has 0 saturated carbocycles. The number of aromatic nitrogens is 2. The summed E-state index contributed by atoms with van der Waals surface area (Å²) in [5.41, 5.74) is 1.39. The second-order valence-electron chi connectivity index (χ2n) is 5.72. The van der Waals surface area contributed by atoms with E-state index < -0.39 is 0 Å². The molecule has 0 bridgehead atoms. The molecule has 0 radical (unpaired) electrons. The van der Waals surface area contributed by atoms with E-state index in [9.17, 15) is 9.59 Å². The highest BCUT2D eigenvalue weighted by Gasteiger charge is 2.25. The van der Waals surface area contributed by atoms with Crippen LogP contribution in [0.4, 0.5) is 0 Å². The van der Waals surface area contributed by atoms with Crippen LogP contribution < -0.4 is 5.56 Å². The van der Waals surface area contributed by atoms with E-state index in [4.69, 9.17) is 0 Å². The Labute approximate surface area is 135 Å². The van der Waals surface area contributed by atoms with Gasteiger partial charge in [-0.2, -0.15) is 0 Å².